The molecule has 0 aromatic rings. The summed E-state index contributed by atoms with van der Waals surface area (Å²) in [4.78, 5) is 0.0139. The third kappa shape index (κ3) is 0.981. The van der Waals surface area contributed by atoms with Gasteiger partial charge in [0.2, 0.25) is 0 Å². The average molecular weight is 134 g/mol. The van der Waals surface area contributed by atoms with Gasteiger partial charge >= 0.3 is 0 Å². The Labute approximate surface area is 55.4 Å². The Morgan fingerprint density at radius 2 is 2.38 bits per heavy atom. The van der Waals surface area contributed by atoms with Crippen molar-refractivity contribution in [3.63, 3.8) is 0 Å². The molecule has 0 aromatic carbocycles. The molecule has 0 radical (unpaired) electrons. The molecule has 0 bridgehead atoms. The van der Waals surface area contributed by atoms with Crippen molar-refractivity contribution >= 4 is 11.6 Å². The molecule has 1 aliphatic heterocycles. The summed E-state index contributed by atoms with van der Waals surface area (Å²) >= 11 is 6.06. The predicted octanol–water partition coefficient (Wildman–Crippen LogP) is 1.37. The number of hydrogen-bond donors (Lipinski definition) is 1. The summed E-state index contributed by atoms with van der Waals surface area (Å²) in [6, 6.07) is 0.476. The van der Waals surface area contributed by atoms with Crippen LogP contribution < -0.4 is 5.32 Å². The van der Waals surface area contributed by atoms with Crippen LogP contribution >= 0.6 is 11.6 Å². The lowest BCUT2D eigenvalue weighted by molar-refractivity contribution is 0.554. The molecule has 1 saturated heterocycles. The number of hydrogen-bond acceptors (Lipinski definition) is 1. The monoisotopic (exact) mass is 133 g/mol. The van der Waals surface area contributed by atoms with E-state index in [0.29, 0.717) is 6.04 Å². The lowest BCUT2D eigenvalue weighted by atomic mass is 10.0. The Kier molecular flexibility index (Phi) is 1.50. The lowest BCUT2D eigenvalue weighted by Crippen LogP contribution is -2.31. The second-order valence-corrected chi connectivity index (χ2v) is 3.57. The third-order valence-corrected chi connectivity index (χ3v) is 2.48. The number of alkyl halides is 1. The Hall–Kier alpha value is 0.250. The van der Waals surface area contributed by atoms with E-state index in [0.717, 1.165) is 13.0 Å². The smallest absolute Gasteiger partial charge is 0.0580 e. The molecule has 2 unspecified atom stereocenters. The van der Waals surface area contributed by atoms with Gasteiger partial charge in [-0.05, 0) is 26.8 Å². The van der Waals surface area contributed by atoms with E-state index >= 15 is 0 Å². The summed E-state index contributed by atoms with van der Waals surface area (Å²) in [5.74, 6) is 0. The Morgan fingerprint density at radius 1 is 1.75 bits per heavy atom. The van der Waals surface area contributed by atoms with E-state index in [4.69, 9.17) is 11.6 Å². The van der Waals surface area contributed by atoms with Crippen molar-refractivity contribution in [3.8, 4) is 0 Å². The van der Waals surface area contributed by atoms with Gasteiger partial charge in [0, 0.05) is 6.04 Å². The van der Waals surface area contributed by atoms with E-state index in [-0.39, 0.29) is 4.87 Å². The quantitative estimate of drug-likeness (QED) is 0.493. The summed E-state index contributed by atoms with van der Waals surface area (Å²) < 4.78 is 0. The van der Waals surface area contributed by atoms with Crippen LogP contribution in [0.25, 0.3) is 0 Å². The van der Waals surface area contributed by atoms with Crippen LogP contribution in [0.3, 0.4) is 0 Å². The maximum atomic E-state index is 6.06. The van der Waals surface area contributed by atoms with Gasteiger partial charge in [0.15, 0.2) is 0 Å². The summed E-state index contributed by atoms with van der Waals surface area (Å²) in [6.45, 7) is 5.28. The number of rotatable bonds is 0. The Morgan fingerprint density at radius 3 is 2.50 bits per heavy atom. The molecule has 1 fully saturated rings. The van der Waals surface area contributed by atoms with E-state index in [1.165, 1.54) is 0 Å². The van der Waals surface area contributed by atoms with Crippen LogP contribution in [0.1, 0.15) is 20.3 Å². The summed E-state index contributed by atoms with van der Waals surface area (Å²) in [5.41, 5.74) is 0. The molecule has 1 heterocycles. The van der Waals surface area contributed by atoms with Crippen LogP contribution in [0, 0.1) is 0 Å². The van der Waals surface area contributed by atoms with E-state index in [2.05, 4.69) is 19.2 Å². The van der Waals surface area contributed by atoms with Gasteiger partial charge in [-0.3, -0.25) is 0 Å². The average Bonchev–Trinajstić information content (AvgIpc) is 1.86. The van der Waals surface area contributed by atoms with Crippen LogP contribution in [0.15, 0.2) is 0 Å². The minimum atomic E-state index is 0.0139. The zero-order valence-corrected chi connectivity index (χ0v) is 6.13. The maximum absolute atomic E-state index is 6.06. The number of halogens is 1. The van der Waals surface area contributed by atoms with Crippen LogP contribution in [-0.2, 0) is 0 Å². The molecule has 1 N–H and O–H groups in total. The van der Waals surface area contributed by atoms with Gasteiger partial charge in [-0.2, -0.15) is 0 Å². The molecule has 48 valence electrons. The SMILES string of the molecule is CC1NCCC1(C)Cl. The highest BCUT2D eigenvalue weighted by Crippen LogP contribution is 2.27. The molecule has 8 heavy (non-hydrogen) atoms. The van der Waals surface area contributed by atoms with E-state index in [9.17, 15) is 0 Å². The van der Waals surface area contributed by atoms with Gasteiger partial charge in [0.05, 0.1) is 4.87 Å². The molecule has 0 amide bonds. The second-order valence-electron chi connectivity index (χ2n) is 2.70. The largest absolute Gasteiger partial charge is 0.312 e. The fraction of sp³-hybridized carbons (Fsp3) is 1.00. The normalized spacial score (nSPS) is 47.6. The highest BCUT2D eigenvalue weighted by molar-refractivity contribution is 6.24. The van der Waals surface area contributed by atoms with Crippen LogP contribution in [0.5, 0.6) is 0 Å². The van der Waals surface area contributed by atoms with Gasteiger partial charge in [-0.1, -0.05) is 0 Å². The fourth-order valence-electron chi connectivity index (χ4n) is 0.962. The minimum Gasteiger partial charge on any atom is -0.312 e. The molecule has 0 aromatic heterocycles. The zero-order valence-electron chi connectivity index (χ0n) is 5.37. The lowest BCUT2D eigenvalue weighted by Gasteiger charge is -2.18. The predicted molar refractivity (Wildman–Crippen MR) is 36.3 cm³/mol. The second kappa shape index (κ2) is 1.89. The minimum absolute atomic E-state index is 0.0139. The van der Waals surface area contributed by atoms with Crippen molar-refractivity contribution in [2.45, 2.75) is 31.2 Å². The van der Waals surface area contributed by atoms with Gasteiger partial charge in [-0.25, -0.2) is 0 Å². The summed E-state index contributed by atoms with van der Waals surface area (Å²) in [5, 5.41) is 3.28. The van der Waals surface area contributed by atoms with Gasteiger partial charge in [-0.15, -0.1) is 11.6 Å². The standard InChI is InChI=1S/C6H12ClN/c1-5-6(2,7)3-4-8-5/h5,8H,3-4H2,1-2H3. The van der Waals surface area contributed by atoms with Crippen LogP contribution in [-0.4, -0.2) is 17.5 Å². The molecule has 1 rings (SSSR count). The maximum Gasteiger partial charge on any atom is 0.0580 e. The molecule has 0 aliphatic carbocycles. The Bertz CT molecular complexity index is 90.5. The van der Waals surface area contributed by atoms with Gasteiger partial charge < -0.3 is 5.32 Å². The molecular formula is C6H12ClN. The van der Waals surface area contributed by atoms with Crippen molar-refractivity contribution in [1.82, 2.24) is 5.32 Å². The molecule has 2 atom stereocenters. The van der Waals surface area contributed by atoms with E-state index < -0.39 is 0 Å². The van der Waals surface area contributed by atoms with Crippen LogP contribution in [0.4, 0.5) is 0 Å². The molecule has 2 heteroatoms. The fourth-order valence-corrected chi connectivity index (χ4v) is 1.13. The first-order valence-electron chi connectivity index (χ1n) is 3.05. The van der Waals surface area contributed by atoms with Crippen LogP contribution in [0.2, 0.25) is 0 Å². The first kappa shape index (κ1) is 6.37. The zero-order chi connectivity index (χ0) is 6.20. The Balaban J connectivity index is 2.54. The molecule has 0 saturated carbocycles. The highest BCUT2D eigenvalue weighted by atomic mass is 35.5. The van der Waals surface area contributed by atoms with Crippen molar-refractivity contribution in [3.05, 3.63) is 0 Å². The summed E-state index contributed by atoms with van der Waals surface area (Å²) in [6.07, 6.45) is 1.09. The van der Waals surface area contributed by atoms with Crippen molar-refractivity contribution < 1.29 is 0 Å². The van der Waals surface area contributed by atoms with E-state index in [1.807, 2.05) is 0 Å². The first-order chi connectivity index (χ1) is 3.63. The summed E-state index contributed by atoms with van der Waals surface area (Å²) in [7, 11) is 0. The van der Waals surface area contributed by atoms with Crippen molar-refractivity contribution in [2.24, 2.45) is 0 Å². The molecular weight excluding hydrogens is 122 g/mol. The molecule has 1 aliphatic rings. The number of nitrogens with one attached hydrogen (secondary N) is 1. The molecule has 1 nitrogen and oxygen atoms in total. The van der Waals surface area contributed by atoms with Crippen molar-refractivity contribution in [1.29, 1.82) is 0 Å². The molecule has 0 spiro atoms. The third-order valence-electron chi connectivity index (χ3n) is 1.97. The highest BCUT2D eigenvalue weighted by Gasteiger charge is 2.32. The van der Waals surface area contributed by atoms with Gasteiger partial charge in [0.25, 0.3) is 0 Å². The van der Waals surface area contributed by atoms with E-state index in [1.54, 1.807) is 0 Å². The van der Waals surface area contributed by atoms with Crippen molar-refractivity contribution in [2.75, 3.05) is 6.54 Å². The first-order valence-corrected chi connectivity index (χ1v) is 3.43. The topological polar surface area (TPSA) is 12.0 Å². The van der Waals surface area contributed by atoms with Gasteiger partial charge in [0.1, 0.15) is 0 Å².